The molecule has 1 unspecified atom stereocenters. The smallest absolute Gasteiger partial charge is 0.0753 e. The maximum absolute atomic E-state index is 9.11. The van der Waals surface area contributed by atoms with E-state index < -0.39 is 0 Å². The van der Waals surface area contributed by atoms with Crippen LogP contribution in [0.2, 0.25) is 0 Å². The molecule has 1 aromatic rings. The van der Waals surface area contributed by atoms with Gasteiger partial charge in [-0.15, -0.1) is 0 Å². The number of hydrogen-bond donors (Lipinski definition) is 2. The van der Waals surface area contributed by atoms with Crippen LogP contribution in [0.3, 0.4) is 0 Å². The molecule has 4 heteroatoms. The Hall–Kier alpha value is -1.00. The summed E-state index contributed by atoms with van der Waals surface area (Å²) in [7, 11) is 0. The van der Waals surface area contributed by atoms with Crippen molar-refractivity contribution in [3.8, 4) is 0 Å². The van der Waals surface area contributed by atoms with E-state index in [4.69, 9.17) is 5.11 Å². The number of aromatic nitrogens is 2. The first-order valence-corrected chi connectivity index (χ1v) is 5.15. The van der Waals surface area contributed by atoms with Gasteiger partial charge in [0.05, 0.1) is 5.69 Å². The average molecular weight is 209 g/mol. The van der Waals surface area contributed by atoms with Crippen LogP contribution in [0.15, 0.2) is 18.6 Å². The molecule has 0 aromatic carbocycles. The van der Waals surface area contributed by atoms with E-state index >= 15 is 0 Å². The molecule has 0 saturated heterocycles. The van der Waals surface area contributed by atoms with Gasteiger partial charge in [0.25, 0.3) is 0 Å². The Morgan fingerprint density at radius 2 is 2.20 bits per heavy atom. The fraction of sp³-hybridized carbons (Fsp3) is 0.636. The maximum Gasteiger partial charge on any atom is 0.0753 e. The zero-order chi connectivity index (χ0) is 11.3. The predicted molar refractivity (Wildman–Crippen MR) is 59.3 cm³/mol. The summed E-state index contributed by atoms with van der Waals surface area (Å²) >= 11 is 0. The molecule has 1 rings (SSSR count). The van der Waals surface area contributed by atoms with Gasteiger partial charge in [-0.05, 0) is 6.92 Å². The normalized spacial score (nSPS) is 13.9. The molecular weight excluding hydrogens is 190 g/mol. The number of hydrogen-bond acceptors (Lipinski definition) is 4. The van der Waals surface area contributed by atoms with Crippen LogP contribution >= 0.6 is 0 Å². The van der Waals surface area contributed by atoms with Gasteiger partial charge in [0.2, 0.25) is 0 Å². The largest absolute Gasteiger partial charge is 0.396 e. The van der Waals surface area contributed by atoms with Gasteiger partial charge >= 0.3 is 0 Å². The lowest BCUT2D eigenvalue weighted by Gasteiger charge is -2.24. The Morgan fingerprint density at radius 3 is 2.73 bits per heavy atom. The van der Waals surface area contributed by atoms with Crippen LogP contribution in [0, 0.1) is 5.41 Å². The van der Waals surface area contributed by atoms with Crippen molar-refractivity contribution in [2.75, 3.05) is 13.2 Å². The van der Waals surface area contributed by atoms with Crippen molar-refractivity contribution < 1.29 is 5.11 Å². The van der Waals surface area contributed by atoms with E-state index in [2.05, 4.69) is 15.3 Å². The van der Waals surface area contributed by atoms with Crippen molar-refractivity contribution in [2.45, 2.75) is 26.8 Å². The minimum absolute atomic E-state index is 0.101. The van der Waals surface area contributed by atoms with E-state index in [-0.39, 0.29) is 18.1 Å². The van der Waals surface area contributed by atoms with Gasteiger partial charge in [0.15, 0.2) is 0 Å². The van der Waals surface area contributed by atoms with Crippen molar-refractivity contribution in [3.63, 3.8) is 0 Å². The Labute approximate surface area is 90.8 Å². The summed E-state index contributed by atoms with van der Waals surface area (Å²) in [5, 5.41) is 12.4. The molecule has 0 fully saturated rings. The summed E-state index contributed by atoms with van der Waals surface area (Å²) in [6.45, 7) is 7.00. The highest BCUT2D eigenvalue weighted by atomic mass is 16.3. The van der Waals surface area contributed by atoms with Crippen LogP contribution in [0.4, 0.5) is 0 Å². The van der Waals surface area contributed by atoms with Crippen LogP contribution in [-0.2, 0) is 0 Å². The molecule has 1 atom stereocenters. The number of nitrogens with one attached hydrogen (secondary N) is 1. The summed E-state index contributed by atoms with van der Waals surface area (Å²) in [6.07, 6.45) is 5.10. The molecule has 0 spiro atoms. The van der Waals surface area contributed by atoms with Crippen molar-refractivity contribution in [2.24, 2.45) is 5.41 Å². The van der Waals surface area contributed by atoms with E-state index in [1.807, 2.05) is 20.8 Å². The first kappa shape index (κ1) is 12.1. The highest BCUT2D eigenvalue weighted by Crippen LogP contribution is 2.14. The summed E-state index contributed by atoms with van der Waals surface area (Å²) in [6, 6.07) is 0.157. The highest BCUT2D eigenvalue weighted by molar-refractivity contribution is 5.00. The Balaban J connectivity index is 2.47. The average Bonchev–Trinajstić information content (AvgIpc) is 2.27. The maximum atomic E-state index is 9.11. The zero-order valence-corrected chi connectivity index (χ0v) is 9.57. The Kier molecular flexibility index (Phi) is 4.17. The number of rotatable bonds is 5. The quantitative estimate of drug-likeness (QED) is 0.763. The van der Waals surface area contributed by atoms with Crippen LogP contribution < -0.4 is 5.32 Å². The summed E-state index contributed by atoms with van der Waals surface area (Å²) < 4.78 is 0. The molecule has 0 saturated carbocycles. The highest BCUT2D eigenvalue weighted by Gasteiger charge is 2.17. The SMILES string of the molecule is CC(NCC(C)(C)CO)c1cnccn1. The Morgan fingerprint density at radius 1 is 1.47 bits per heavy atom. The van der Waals surface area contributed by atoms with Gasteiger partial charge in [-0.1, -0.05) is 13.8 Å². The molecule has 2 N–H and O–H groups in total. The second-order valence-electron chi connectivity index (χ2n) is 4.56. The molecule has 15 heavy (non-hydrogen) atoms. The predicted octanol–water partition coefficient (Wildman–Crippen LogP) is 1.15. The number of aliphatic hydroxyl groups excluding tert-OH is 1. The lowest BCUT2D eigenvalue weighted by molar-refractivity contribution is 0.153. The third-order valence-electron chi connectivity index (χ3n) is 2.34. The van der Waals surface area contributed by atoms with E-state index in [0.717, 1.165) is 12.2 Å². The molecular formula is C11H19N3O. The summed E-state index contributed by atoms with van der Waals surface area (Å²) in [4.78, 5) is 8.24. The summed E-state index contributed by atoms with van der Waals surface area (Å²) in [5.74, 6) is 0. The van der Waals surface area contributed by atoms with Gasteiger partial charge in [0, 0.05) is 43.2 Å². The zero-order valence-electron chi connectivity index (χ0n) is 9.57. The molecule has 0 bridgehead atoms. The van der Waals surface area contributed by atoms with Gasteiger partial charge in [-0.25, -0.2) is 0 Å². The molecule has 84 valence electrons. The van der Waals surface area contributed by atoms with Crippen molar-refractivity contribution in [1.82, 2.24) is 15.3 Å². The first-order valence-electron chi connectivity index (χ1n) is 5.15. The van der Waals surface area contributed by atoms with Crippen LogP contribution in [0.25, 0.3) is 0 Å². The summed E-state index contributed by atoms with van der Waals surface area (Å²) in [5.41, 5.74) is 0.822. The monoisotopic (exact) mass is 209 g/mol. The second-order valence-corrected chi connectivity index (χ2v) is 4.56. The molecule has 1 aromatic heterocycles. The van der Waals surface area contributed by atoms with Crippen LogP contribution in [0.5, 0.6) is 0 Å². The Bertz CT molecular complexity index is 287. The molecule has 1 heterocycles. The van der Waals surface area contributed by atoms with Crippen molar-refractivity contribution in [3.05, 3.63) is 24.3 Å². The van der Waals surface area contributed by atoms with E-state index in [0.29, 0.717) is 0 Å². The fourth-order valence-electron chi connectivity index (χ4n) is 1.12. The van der Waals surface area contributed by atoms with Gasteiger partial charge in [-0.2, -0.15) is 0 Å². The molecule has 0 aliphatic carbocycles. The minimum atomic E-state index is -0.101. The number of nitrogens with zero attached hydrogens (tertiary/aromatic N) is 2. The van der Waals surface area contributed by atoms with E-state index in [1.54, 1.807) is 18.6 Å². The molecule has 0 radical (unpaired) electrons. The van der Waals surface area contributed by atoms with E-state index in [9.17, 15) is 0 Å². The third kappa shape index (κ3) is 3.93. The second kappa shape index (κ2) is 5.19. The molecule has 4 nitrogen and oxygen atoms in total. The van der Waals surface area contributed by atoms with Gasteiger partial charge in [-0.3, -0.25) is 9.97 Å². The van der Waals surface area contributed by atoms with Gasteiger partial charge < -0.3 is 10.4 Å². The molecule has 0 aliphatic rings. The topological polar surface area (TPSA) is 58.0 Å². The lowest BCUT2D eigenvalue weighted by atomic mass is 9.94. The van der Waals surface area contributed by atoms with Crippen LogP contribution in [0.1, 0.15) is 32.5 Å². The molecule has 0 amide bonds. The van der Waals surface area contributed by atoms with Crippen LogP contribution in [-0.4, -0.2) is 28.2 Å². The molecule has 0 aliphatic heterocycles. The van der Waals surface area contributed by atoms with E-state index in [1.165, 1.54) is 0 Å². The first-order chi connectivity index (χ1) is 7.05. The number of aliphatic hydroxyl groups is 1. The van der Waals surface area contributed by atoms with Crippen molar-refractivity contribution in [1.29, 1.82) is 0 Å². The van der Waals surface area contributed by atoms with Crippen molar-refractivity contribution >= 4 is 0 Å². The fourth-order valence-corrected chi connectivity index (χ4v) is 1.12. The third-order valence-corrected chi connectivity index (χ3v) is 2.34. The lowest BCUT2D eigenvalue weighted by Crippen LogP contribution is -2.34. The van der Waals surface area contributed by atoms with Gasteiger partial charge in [0.1, 0.15) is 0 Å². The standard InChI is InChI=1S/C11H19N3O/c1-9(10-6-12-4-5-13-10)14-7-11(2,3)8-15/h4-6,9,14-15H,7-8H2,1-3H3. The minimum Gasteiger partial charge on any atom is -0.396 e.